The van der Waals surface area contributed by atoms with Gasteiger partial charge in [0.05, 0.1) is 11.5 Å². The molecule has 2 nitrogen and oxygen atoms in total. The SMILES string of the molecule is Cc1ccc(C(Sc2ccoc2C)C(C)N)s1. The second-order valence-electron chi connectivity index (χ2n) is 4.19. The lowest BCUT2D eigenvalue weighted by Gasteiger charge is -2.18. The first-order valence-corrected chi connectivity index (χ1v) is 7.30. The van der Waals surface area contributed by atoms with Gasteiger partial charge in [-0.1, -0.05) is 0 Å². The summed E-state index contributed by atoms with van der Waals surface area (Å²) < 4.78 is 5.33. The van der Waals surface area contributed by atoms with E-state index in [9.17, 15) is 0 Å². The molecule has 0 aliphatic carbocycles. The van der Waals surface area contributed by atoms with Crippen molar-refractivity contribution < 1.29 is 4.42 Å². The van der Waals surface area contributed by atoms with E-state index in [2.05, 4.69) is 26.0 Å². The van der Waals surface area contributed by atoms with Crippen LogP contribution < -0.4 is 5.73 Å². The standard InChI is InChI=1S/C13H17NOS2/c1-8-4-5-12(16-8)13(9(2)14)17-11-6-7-15-10(11)3/h4-7,9,13H,14H2,1-3H3. The predicted octanol–water partition coefficient (Wildman–Crippen LogP) is 4.14. The summed E-state index contributed by atoms with van der Waals surface area (Å²) in [4.78, 5) is 3.84. The first kappa shape index (κ1) is 12.7. The molecule has 2 aromatic heterocycles. The van der Waals surface area contributed by atoms with Crippen LogP contribution in [0.4, 0.5) is 0 Å². The van der Waals surface area contributed by atoms with E-state index >= 15 is 0 Å². The van der Waals surface area contributed by atoms with Crippen LogP contribution in [-0.4, -0.2) is 6.04 Å². The number of nitrogens with two attached hydrogens (primary N) is 1. The molecule has 0 fully saturated rings. The van der Waals surface area contributed by atoms with E-state index in [1.54, 1.807) is 18.0 Å². The summed E-state index contributed by atoms with van der Waals surface area (Å²) >= 11 is 3.61. The summed E-state index contributed by atoms with van der Waals surface area (Å²) in [5, 5.41) is 0.296. The highest BCUT2D eigenvalue weighted by Crippen LogP contribution is 2.41. The summed E-state index contributed by atoms with van der Waals surface area (Å²) in [5.41, 5.74) is 6.10. The lowest BCUT2D eigenvalue weighted by molar-refractivity contribution is 0.526. The fraction of sp³-hybridized carbons (Fsp3) is 0.385. The molecular weight excluding hydrogens is 250 g/mol. The molecule has 2 heterocycles. The molecule has 92 valence electrons. The lowest BCUT2D eigenvalue weighted by Crippen LogP contribution is -2.21. The number of hydrogen-bond acceptors (Lipinski definition) is 4. The maximum atomic E-state index is 6.10. The minimum Gasteiger partial charge on any atom is -0.468 e. The molecule has 0 radical (unpaired) electrons. The molecule has 0 bridgehead atoms. The quantitative estimate of drug-likeness (QED) is 0.846. The zero-order valence-electron chi connectivity index (χ0n) is 10.3. The van der Waals surface area contributed by atoms with Crippen molar-refractivity contribution in [1.82, 2.24) is 0 Å². The van der Waals surface area contributed by atoms with Gasteiger partial charge in [-0.2, -0.15) is 0 Å². The molecule has 4 heteroatoms. The monoisotopic (exact) mass is 267 g/mol. The Morgan fingerprint density at radius 1 is 1.29 bits per heavy atom. The number of thioether (sulfide) groups is 1. The Morgan fingerprint density at radius 3 is 2.53 bits per heavy atom. The van der Waals surface area contributed by atoms with E-state index in [1.807, 2.05) is 24.3 Å². The van der Waals surface area contributed by atoms with Gasteiger partial charge in [-0.3, -0.25) is 0 Å². The molecule has 2 rings (SSSR count). The average molecular weight is 267 g/mol. The van der Waals surface area contributed by atoms with Crippen LogP contribution in [0.15, 0.2) is 33.8 Å². The molecule has 2 unspecified atom stereocenters. The number of furan rings is 1. The minimum atomic E-state index is 0.118. The van der Waals surface area contributed by atoms with Crippen molar-refractivity contribution in [3.05, 3.63) is 40.0 Å². The number of aryl methyl sites for hydroxylation is 2. The van der Waals surface area contributed by atoms with E-state index in [-0.39, 0.29) is 6.04 Å². The summed E-state index contributed by atoms with van der Waals surface area (Å²) in [5.74, 6) is 0.967. The van der Waals surface area contributed by atoms with Gasteiger partial charge in [0.2, 0.25) is 0 Å². The van der Waals surface area contributed by atoms with Crippen molar-refractivity contribution in [3.63, 3.8) is 0 Å². The Balaban J connectivity index is 2.22. The van der Waals surface area contributed by atoms with Crippen molar-refractivity contribution in [2.45, 2.75) is 37.0 Å². The maximum absolute atomic E-state index is 6.10. The summed E-state index contributed by atoms with van der Waals surface area (Å²) in [6, 6.07) is 6.46. The minimum absolute atomic E-state index is 0.118. The third-order valence-corrected chi connectivity index (χ3v) is 5.43. The molecule has 0 aromatic carbocycles. The fourth-order valence-electron chi connectivity index (χ4n) is 1.66. The molecule has 0 amide bonds. The smallest absolute Gasteiger partial charge is 0.114 e. The number of thiophene rings is 1. The first-order chi connectivity index (χ1) is 8.08. The third-order valence-electron chi connectivity index (χ3n) is 2.58. The predicted molar refractivity (Wildman–Crippen MR) is 74.7 cm³/mol. The van der Waals surface area contributed by atoms with E-state index < -0.39 is 0 Å². The van der Waals surface area contributed by atoms with Gasteiger partial charge in [-0.25, -0.2) is 0 Å². The van der Waals surface area contributed by atoms with Gasteiger partial charge in [-0.15, -0.1) is 23.1 Å². The van der Waals surface area contributed by atoms with Crippen LogP contribution >= 0.6 is 23.1 Å². The van der Waals surface area contributed by atoms with Crippen molar-refractivity contribution in [2.75, 3.05) is 0 Å². The zero-order chi connectivity index (χ0) is 12.4. The van der Waals surface area contributed by atoms with Crippen molar-refractivity contribution in [3.8, 4) is 0 Å². The van der Waals surface area contributed by atoms with Crippen LogP contribution in [0.3, 0.4) is 0 Å². The average Bonchev–Trinajstić information content (AvgIpc) is 2.84. The molecule has 17 heavy (non-hydrogen) atoms. The van der Waals surface area contributed by atoms with Crippen LogP contribution in [0.1, 0.15) is 27.7 Å². The van der Waals surface area contributed by atoms with E-state index in [1.165, 1.54) is 14.6 Å². The van der Waals surface area contributed by atoms with E-state index in [0.29, 0.717) is 5.25 Å². The highest BCUT2D eigenvalue weighted by atomic mass is 32.2. The largest absolute Gasteiger partial charge is 0.468 e. The second-order valence-corrected chi connectivity index (χ2v) is 6.69. The number of rotatable bonds is 4. The van der Waals surface area contributed by atoms with Gasteiger partial charge in [0.15, 0.2) is 0 Å². The normalized spacial score (nSPS) is 14.8. The van der Waals surface area contributed by atoms with E-state index in [4.69, 9.17) is 10.2 Å². The summed E-state index contributed by atoms with van der Waals surface area (Å²) in [6.45, 7) is 6.17. The molecule has 0 aliphatic heterocycles. The van der Waals surface area contributed by atoms with Crippen LogP contribution in [0.5, 0.6) is 0 Å². The van der Waals surface area contributed by atoms with Crippen LogP contribution in [0.25, 0.3) is 0 Å². The van der Waals surface area contributed by atoms with Gasteiger partial charge >= 0.3 is 0 Å². The topological polar surface area (TPSA) is 39.2 Å². The molecule has 0 aliphatic rings. The Kier molecular flexibility index (Phi) is 3.97. The lowest BCUT2D eigenvalue weighted by atomic mass is 10.2. The maximum Gasteiger partial charge on any atom is 0.114 e. The number of hydrogen-bond donors (Lipinski definition) is 1. The van der Waals surface area contributed by atoms with Crippen molar-refractivity contribution in [1.29, 1.82) is 0 Å². The van der Waals surface area contributed by atoms with E-state index in [0.717, 1.165) is 5.76 Å². The molecule has 2 N–H and O–H groups in total. The highest BCUT2D eigenvalue weighted by Gasteiger charge is 2.20. The van der Waals surface area contributed by atoms with Gasteiger partial charge in [0.25, 0.3) is 0 Å². The molecular formula is C13H17NOS2. The highest BCUT2D eigenvalue weighted by molar-refractivity contribution is 7.99. The first-order valence-electron chi connectivity index (χ1n) is 5.60. The Hall–Kier alpha value is -0.710. The van der Waals surface area contributed by atoms with Crippen molar-refractivity contribution >= 4 is 23.1 Å². The molecule has 2 atom stereocenters. The molecule has 0 saturated heterocycles. The van der Waals surface area contributed by atoms with Gasteiger partial charge in [0.1, 0.15) is 5.76 Å². The molecule has 0 saturated carbocycles. The Labute approximate surface area is 110 Å². The molecule has 0 spiro atoms. The summed E-state index contributed by atoms with van der Waals surface area (Å²) in [6.07, 6.45) is 1.73. The van der Waals surface area contributed by atoms with Crippen LogP contribution in [-0.2, 0) is 0 Å². The summed E-state index contributed by atoms with van der Waals surface area (Å²) in [7, 11) is 0. The van der Waals surface area contributed by atoms with Crippen LogP contribution in [0, 0.1) is 13.8 Å². The second kappa shape index (κ2) is 5.29. The fourth-order valence-corrected chi connectivity index (χ4v) is 3.96. The van der Waals surface area contributed by atoms with Gasteiger partial charge in [-0.05, 0) is 39.0 Å². The van der Waals surface area contributed by atoms with Gasteiger partial charge in [0, 0.05) is 20.7 Å². The zero-order valence-corrected chi connectivity index (χ0v) is 11.9. The third kappa shape index (κ3) is 2.94. The Bertz CT molecular complexity index is 487. The van der Waals surface area contributed by atoms with Gasteiger partial charge < -0.3 is 10.2 Å². The Morgan fingerprint density at radius 2 is 2.06 bits per heavy atom. The van der Waals surface area contributed by atoms with Crippen LogP contribution in [0.2, 0.25) is 0 Å². The van der Waals surface area contributed by atoms with Crippen molar-refractivity contribution in [2.24, 2.45) is 5.73 Å². The molecule has 2 aromatic rings.